The number of nitrogens with zero attached hydrogens (tertiary/aromatic N) is 2. The van der Waals surface area contributed by atoms with Crippen LogP contribution in [0.1, 0.15) is 31.7 Å². The van der Waals surface area contributed by atoms with E-state index in [1.54, 1.807) is 6.20 Å². The molecule has 0 saturated heterocycles. The first-order chi connectivity index (χ1) is 8.59. The molecule has 0 radical (unpaired) electrons. The van der Waals surface area contributed by atoms with Crippen molar-refractivity contribution in [2.45, 2.75) is 39.2 Å². The number of nitrogens with two attached hydrogens (primary N) is 1. The summed E-state index contributed by atoms with van der Waals surface area (Å²) in [6, 6.07) is 0. The summed E-state index contributed by atoms with van der Waals surface area (Å²) in [6.07, 6.45) is 7.13. The second-order valence-corrected chi connectivity index (χ2v) is 5.32. The Morgan fingerprint density at radius 3 is 2.83 bits per heavy atom. The van der Waals surface area contributed by atoms with Gasteiger partial charge in [0.25, 0.3) is 0 Å². The first-order valence-electron chi connectivity index (χ1n) is 6.54. The van der Waals surface area contributed by atoms with Crippen molar-refractivity contribution in [1.82, 2.24) is 9.78 Å². The Balaban J connectivity index is 2.14. The molecule has 1 aromatic heterocycles. The molecule has 0 spiro atoms. The molecule has 0 amide bonds. The van der Waals surface area contributed by atoms with Crippen molar-refractivity contribution in [2.24, 2.45) is 17.1 Å². The highest BCUT2D eigenvalue weighted by Crippen LogP contribution is 2.41. The van der Waals surface area contributed by atoms with E-state index in [9.17, 15) is 9.90 Å². The summed E-state index contributed by atoms with van der Waals surface area (Å²) in [5.74, 6) is -0.230. The summed E-state index contributed by atoms with van der Waals surface area (Å²) in [7, 11) is 0. The van der Waals surface area contributed by atoms with Crippen molar-refractivity contribution in [3.05, 3.63) is 18.0 Å². The average Bonchev–Trinajstić information content (AvgIpc) is 3.05. The number of carboxylic acid groups (broad SMARTS) is 1. The van der Waals surface area contributed by atoms with Gasteiger partial charge >= 0.3 is 5.97 Å². The quantitative estimate of drug-likeness (QED) is 0.764. The Kier molecular flexibility index (Phi) is 3.71. The predicted octanol–water partition coefficient (Wildman–Crippen LogP) is 1.28. The van der Waals surface area contributed by atoms with Gasteiger partial charge < -0.3 is 10.8 Å². The maximum atomic E-state index is 11.6. The van der Waals surface area contributed by atoms with Gasteiger partial charge in [-0.25, -0.2) is 0 Å². The Labute approximate surface area is 107 Å². The molecule has 1 unspecified atom stereocenters. The van der Waals surface area contributed by atoms with Gasteiger partial charge in [-0.05, 0) is 31.2 Å². The first-order valence-corrected chi connectivity index (χ1v) is 6.54. The monoisotopic (exact) mass is 251 g/mol. The fourth-order valence-corrected chi connectivity index (χ4v) is 2.41. The summed E-state index contributed by atoms with van der Waals surface area (Å²) in [5.41, 5.74) is 5.91. The van der Waals surface area contributed by atoms with E-state index >= 15 is 0 Å². The smallest absolute Gasteiger partial charge is 0.311 e. The summed E-state index contributed by atoms with van der Waals surface area (Å²) < 4.78 is 1.82. The molecule has 2 rings (SSSR count). The molecule has 1 aromatic rings. The first kappa shape index (κ1) is 13.1. The van der Waals surface area contributed by atoms with Gasteiger partial charge in [0.05, 0.1) is 11.6 Å². The fourth-order valence-electron chi connectivity index (χ4n) is 2.41. The highest BCUT2D eigenvalue weighted by Gasteiger charge is 2.42. The van der Waals surface area contributed by atoms with Crippen LogP contribution in [0.5, 0.6) is 0 Å². The molecule has 18 heavy (non-hydrogen) atoms. The normalized spacial score (nSPS) is 18.6. The number of aromatic nitrogens is 2. The van der Waals surface area contributed by atoms with Gasteiger partial charge in [0, 0.05) is 19.3 Å². The number of carbonyl (C=O) groups is 1. The zero-order chi connectivity index (χ0) is 13.2. The Morgan fingerprint density at radius 2 is 2.39 bits per heavy atom. The number of hydrogen-bond acceptors (Lipinski definition) is 3. The average molecular weight is 251 g/mol. The number of carboxylic acids is 1. The second-order valence-electron chi connectivity index (χ2n) is 5.32. The predicted molar refractivity (Wildman–Crippen MR) is 68.1 cm³/mol. The van der Waals surface area contributed by atoms with Gasteiger partial charge in [0.1, 0.15) is 0 Å². The van der Waals surface area contributed by atoms with Gasteiger partial charge in [-0.1, -0.05) is 12.8 Å². The van der Waals surface area contributed by atoms with Crippen molar-refractivity contribution in [3.8, 4) is 0 Å². The van der Waals surface area contributed by atoms with Crippen LogP contribution in [0.3, 0.4) is 0 Å². The maximum Gasteiger partial charge on any atom is 0.311 e. The van der Waals surface area contributed by atoms with E-state index in [0.717, 1.165) is 24.9 Å². The third kappa shape index (κ3) is 2.72. The maximum absolute atomic E-state index is 11.6. The van der Waals surface area contributed by atoms with Crippen LogP contribution in [0.15, 0.2) is 12.4 Å². The van der Waals surface area contributed by atoms with Crippen molar-refractivity contribution in [2.75, 3.05) is 6.54 Å². The lowest BCUT2D eigenvalue weighted by Crippen LogP contribution is -2.41. The third-order valence-corrected chi connectivity index (χ3v) is 3.77. The zero-order valence-electron chi connectivity index (χ0n) is 10.8. The molecule has 5 nitrogen and oxygen atoms in total. The Morgan fingerprint density at radius 1 is 1.67 bits per heavy atom. The van der Waals surface area contributed by atoms with Gasteiger partial charge in [-0.2, -0.15) is 5.10 Å². The van der Waals surface area contributed by atoms with E-state index in [-0.39, 0.29) is 6.54 Å². The molecular weight excluding hydrogens is 230 g/mol. The summed E-state index contributed by atoms with van der Waals surface area (Å²) in [5, 5.41) is 13.7. The molecule has 5 heteroatoms. The number of aryl methyl sites for hydroxylation is 1. The fraction of sp³-hybridized carbons (Fsp3) is 0.692. The van der Waals surface area contributed by atoms with Crippen LogP contribution in [-0.4, -0.2) is 27.4 Å². The molecule has 0 aliphatic heterocycles. The van der Waals surface area contributed by atoms with Crippen LogP contribution in [0.2, 0.25) is 0 Å². The lowest BCUT2D eigenvalue weighted by atomic mass is 9.77. The van der Waals surface area contributed by atoms with Crippen LogP contribution in [0.25, 0.3) is 0 Å². The third-order valence-electron chi connectivity index (χ3n) is 3.77. The van der Waals surface area contributed by atoms with E-state index in [1.165, 1.54) is 0 Å². The summed E-state index contributed by atoms with van der Waals surface area (Å²) >= 11 is 0. The molecular formula is C13H21N3O2. The van der Waals surface area contributed by atoms with Crippen molar-refractivity contribution in [1.29, 1.82) is 0 Å². The van der Waals surface area contributed by atoms with Gasteiger partial charge in [-0.15, -0.1) is 0 Å². The van der Waals surface area contributed by atoms with E-state index in [2.05, 4.69) is 5.10 Å². The molecule has 1 heterocycles. The van der Waals surface area contributed by atoms with Crippen LogP contribution in [0.4, 0.5) is 0 Å². The number of hydrogen-bond donors (Lipinski definition) is 2. The molecule has 1 atom stereocenters. The van der Waals surface area contributed by atoms with E-state index < -0.39 is 11.4 Å². The van der Waals surface area contributed by atoms with E-state index in [4.69, 9.17) is 5.73 Å². The zero-order valence-corrected chi connectivity index (χ0v) is 10.8. The van der Waals surface area contributed by atoms with Gasteiger partial charge in [0.15, 0.2) is 0 Å². The standard InChI is InChI=1S/C13H21N3O2/c1-2-16-8-11(7-15-16)6-13(9-14,12(17)18)5-10-3-4-10/h7-8,10H,2-6,9,14H2,1H3,(H,17,18). The minimum Gasteiger partial charge on any atom is -0.481 e. The molecule has 1 aliphatic rings. The van der Waals surface area contributed by atoms with Crippen molar-refractivity contribution >= 4 is 5.97 Å². The molecule has 1 aliphatic carbocycles. The number of aliphatic carboxylic acids is 1. The van der Waals surface area contributed by atoms with Crippen LogP contribution >= 0.6 is 0 Å². The van der Waals surface area contributed by atoms with Crippen LogP contribution in [0, 0.1) is 11.3 Å². The lowest BCUT2D eigenvalue weighted by Gasteiger charge is -2.27. The molecule has 100 valence electrons. The van der Waals surface area contributed by atoms with Crippen LogP contribution in [-0.2, 0) is 17.8 Å². The minimum absolute atomic E-state index is 0.191. The SMILES string of the molecule is CCn1cc(CC(CN)(CC2CC2)C(=O)O)cn1. The summed E-state index contributed by atoms with van der Waals surface area (Å²) in [6.45, 7) is 3.00. The molecule has 0 bridgehead atoms. The van der Waals surface area contributed by atoms with Crippen LogP contribution < -0.4 is 5.73 Å². The largest absolute Gasteiger partial charge is 0.481 e. The second kappa shape index (κ2) is 5.10. The van der Waals surface area contributed by atoms with Crippen molar-refractivity contribution in [3.63, 3.8) is 0 Å². The summed E-state index contributed by atoms with van der Waals surface area (Å²) in [4.78, 5) is 11.6. The topological polar surface area (TPSA) is 81.1 Å². The highest BCUT2D eigenvalue weighted by atomic mass is 16.4. The molecule has 3 N–H and O–H groups in total. The Hall–Kier alpha value is -1.36. The molecule has 1 fully saturated rings. The Bertz CT molecular complexity index is 426. The highest BCUT2D eigenvalue weighted by molar-refractivity contribution is 5.75. The van der Waals surface area contributed by atoms with Gasteiger partial charge in [0.2, 0.25) is 0 Å². The van der Waals surface area contributed by atoms with Crippen molar-refractivity contribution < 1.29 is 9.90 Å². The minimum atomic E-state index is -0.817. The lowest BCUT2D eigenvalue weighted by molar-refractivity contribution is -0.149. The molecule has 1 saturated carbocycles. The van der Waals surface area contributed by atoms with E-state index in [1.807, 2.05) is 17.8 Å². The van der Waals surface area contributed by atoms with Gasteiger partial charge in [-0.3, -0.25) is 9.48 Å². The molecule has 0 aromatic carbocycles. The van der Waals surface area contributed by atoms with E-state index in [0.29, 0.717) is 18.8 Å². The number of rotatable bonds is 7.